The van der Waals surface area contributed by atoms with Crippen LogP contribution in [0.3, 0.4) is 0 Å². The van der Waals surface area contributed by atoms with Gasteiger partial charge < -0.3 is 14.5 Å². The van der Waals surface area contributed by atoms with Crippen LogP contribution in [0.1, 0.15) is 40.4 Å². The van der Waals surface area contributed by atoms with Gasteiger partial charge in [0.25, 0.3) is 11.8 Å². The van der Waals surface area contributed by atoms with Gasteiger partial charge in [0, 0.05) is 31.7 Å². The molecular weight excluding hydrogens is 364 g/mol. The molecule has 154 valence electrons. The molecule has 0 spiro atoms. The van der Waals surface area contributed by atoms with Gasteiger partial charge in [-0.1, -0.05) is 31.5 Å². The molecule has 0 bridgehead atoms. The summed E-state index contributed by atoms with van der Waals surface area (Å²) in [6, 6.07) is 13.7. The predicted octanol–water partition coefficient (Wildman–Crippen LogP) is 3.62. The standard InChI is InChI=1S/C24H30N2O3/c1-4-5-20-7-10-22(11-8-20)29-17-23(27)25-12-14-26(15-13-25)24(28)21-9-6-18(2)19(3)16-21/h6-11,16H,4-5,12-15,17H2,1-3H3. The Bertz CT molecular complexity index is 853. The Morgan fingerprint density at radius 3 is 2.17 bits per heavy atom. The normalized spacial score (nSPS) is 14.0. The van der Waals surface area contributed by atoms with E-state index in [9.17, 15) is 9.59 Å². The van der Waals surface area contributed by atoms with Gasteiger partial charge in [-0.25, -0.2) is 0 Å². The summed E-state index contributed by atoms with van der Waals surface area (Å²) in [6.45, 7) is 8.39. The van der Waals surface area contributed by atoms with Crippen LogP contribution in [-0.2, 0) is 11.2 Å². The predicted molar refractivity (Wildman–Crippen MR) is 114 cm³/mol. The van der Waals surface area contributed by atoms with Crippen molar-refractivity contribution < 1.29 is 14.3 Å². The lowest BCUT2D eigenvalue weighted by molar-refractivity contribution is -0.134. The summed E-state index contributed by atoms with van der Waals surface area (Å²) in [4.78, 5) is 28.8. The highest BCUT2D eigenvalue weighted by Gasteiger charge is 2.25. The molecule has 0 radical (unpaired) electrons. The minimum atomic E-state index is -0.0408. The fourth-order valence-electron chi connectivity index (χ4n) is 3.49. The second kappa shape index (κ2) is 9.59. The van der Waals surface area contributed by atoms with Crippen molar-refractivity contribution in [3.05, 3.63) is 64.7 Å². The van der Waals surface area contributed by atoms with E-state index in [4.69, 9.17) is 4.74 Å². The minimum absolute atomic E-state index is 0.0260. The Morgan fingerprint density at radius 2 is 1.55 bits per heavy atom. The largest absolute Gasteiger partial charge is 0.484 e. The Balaban J connectivity index is 1.47. The van der Waals surface area contributed by atoms with E-state index < -0.39 is 0 Å². The second-order valence-electron chi connectivity index (χ2n) is 7.65. The number of hydrogen-bond donors (Lipinski definition) is 0. The molecule has 29 heavy (non-hydrogen) atoms. The first kappa shape index (κ1) is 20.9. The van der Waals surface area contributed by atoms with Gasteiger partial charge >= 0.3 is 0 Å². The number of nitrogens with zero attached hydrogens (tertiary/aromatic N) is 2. The van der Waals surface area contributed by atoms with E-state index in [2.05, 4.69) is 6.92 Å². The molecule has 0 N–H and O–H groups in total. The average molecular weight is 395 g/mol. The maximum Gasteiger partial charge on any atom is 0.260 e. The lowest BCUT2D eigenvalue weighted by Crippen LogP contribution is -2.51. The van der Waals surface area contributed by atoms with Crippen molar-refractivity contribution in [2.24, 2.45) is 0 Å². The summed E-state index contributed by atoms with van der Waals surface area (Å²) in [5.41, 5.74) is 4.28. The summed E-state index contributed by atoms with van der Waals surface area (Å²) >= 11 is 0. The number of aryl methyl sites for hydroxylation is 3. The Hall–Kier alpha value is -2.82. The summed E-state index contributed by atoms with van der Waals surface area (Å²) in [5.74, 6) is 0.700. The SMILES string of the molecule is CCCc1ccc(OCC(=O)N2CCN(C(=O)c3ccc(C)c(C)c3)CC2)cc1. The van der Waals surface area contributed by atoms with Gasteiger partial charge in [0.05, 0.1) is 0 Å². The van der Waals surface area contributed by atoms with Crippen LogP contribution < -0.4 is 4.74 Å². The molecule has 0 aliphatic carbocycles. The van der Waals surface area contributed by atoms with Crippen LogP contribution in [0.15, 0.2) is 42.5 Å². The lowest BCUT2D eigenvalue weighted by atomic mass is 10.1. The number of piperazine rings is 1. The molecule has 0 unspecified atom stereocenters. The maximum absolute atomic E-state index is 12.7. The van der Waals surface area contributed by atoms with Gasteiger partial charge in [0.15, 0.2) is 6.61 Å². The molecule has 2 aromatic carbocycles. The molecular formula is C24H30N2O3. The van der Waals surface area contributed by atoms with Gasteiger partial charge in [-0.2, -0.15) is 0 Å². The Labute approximate surface area is 173 Å². The van der Waals surface area contributed by atoms with Crippen LogP contribution >= 0.6 is 0 Å². The topological polar surface area (TPSA) is 49.9 Å². The van der Waals surface area contributed by atoms with E-state index in [-0.39, 0.29) is 18.4 Å². The molecule has 2 aromatic rings. The number of amides is 2. The number of rotatable bonds is 6. The van der Waals surface area contributed by atoms with E-state index >= 15 is 0 Å². The van der Waals surface area contributed by atoms with Crippen molar-refractivity contribution in [2.75, 3.05) is 32.8 Å². The van der Waals surface area contributed by atoms with Crippen LogP contribution in [0.5, 0.6) is 5.75 Å². The van der Waals surface area contributed by atoms with E-state index in [1.807, 2.05) is 61.2 Å². The average Bonchev–Trinajstić information content (AvgIpc) is 2.75. The summed E-state index contributed by atoms with van der Waals surface area (Å²) < 4.78 is 5.65. The van der Waals surface area contributed by atoms with Gasteiger partial charge in [-0.3, -0.25) is 9.59 Å². The zero-order chi connectivity index (χ0) is 20.8. The zero-order valence-corrected chi connectivity index (χ0v) is 17.6. The molecule has 5 nitrogen and oxygen atoms in total. The Morgan fingerprint density at radius 1 is 0.897 bits per heavy atom. The fourth-order valence-corrected chi connectivity index (χ4v) is 3.49. The Kier molecular flexibility index (Phi) is 6.91. The third-order valence-electron chi connectivity index (χ3n) is 5.50. The van der Waals surface area contributed by atoms with Crippen molar-refractivity contribution >= 4 is 11.8 Å². The number of benzene rings is 2. The van der Waals surface area contributed by atoms with Crippen LogP contribution in [0.2, 0.25) is 0 Å². The van der Waals surface area contributed by atoms with Crippen molar-refractivity contribution in [1.29, 1.82) is 0 Å². The van der Waals surface area contributed by atoms with E-state index in [1.54, 1.807) is 4.90 Å². The van der Waals surface area contributed by atoms with Gasteiger partial charge in [-0.05, 0) is 61.2 Å². The molecule has 3 rings (SSSR count). The van der Waals surface area contributed by atoms with Crippen LogP contribution in [0.25, 0.3) is 0 Å². The van der Waals surface area contributed by atoms with Crippen molar-refractivity contribution in [3.8, 4) is 5.75 Å². The van der Waals surface area contributed by atoms with E-state index in [0.29, 0.717) is 37.5 Å². The molecule has 1 fully saturated rings. The first-order valence-corrected chi connectivity index (χ1v) is 10.3. The van der Waals surface area contributed by atoms with Crippen LogP contribution in [0.4, 0.5) is 0 Å². The van der Waals surface area contributed by atoms with Crippen LogP contribution in [-0.4, -0.2) is 54.4 Å². The third kappa shape index (κ3) is 5.37. The fraction of sp³-hybridized carbons (Fsp3) is 0.417. The monoisotopic (exact) mass is 394 g/mol. The van der Waals surface area contributed by atoms with Gasteiger partial charge in [0.1, 0.15) is 5.75 Å². The summed E-state index contributed by atoms with van der Waals surface area (Å²) in [6.07, 6.45) is 2.15. The molecule has 5 heteroatoms. The molecule has 1 aliphatic rings. The van der Waals surface area contributed by atoms with Gasteiger partial charge in [0.2, 0.25) is 0 Å². The minimum Gasteiger partial charge on any atom is -0.484 e. The number of ether oxygens (including phenoxy) is 1. The highest BCUT2D eigenvalue weighted by Crippen LogP contribution is 2.15. The molecule has 1 aliphatic heterocycles. The zero-order valence-electron chi connectivity index (χ0n) is 17.6. The number of hydrogen-bond acceptors (Lipinski definition) is 3. The molecule has 1 heterocycles. The molecule has 1 saturated heterocycles. The first-order valence-electron chi connectivity index (χ1n) is 10.3. The van der Waals surface area contributed by atoms with Crippen LogP contribution in [0, 0.1) is 13.8 Å². The lowest BCUT2D eigenvalue weighted by Gasteiger charge is -2.34. The third-order valence-corrected chi connectivity index (χ3v) is 5.50. The number of carbonyl (C=O) groups is 2. The molecule has 0 saturated carbocycles. The van der Waals surface area contributed by atoms with E-state index in [1.165, 1.54) is 11.1 Å². The quantitative estimate of drug-likeness (QED) is 0.752. The smallest absolute Gasteiger partial charge is 0.260 e. The van der Waals surface area contributed by atoms with Crippen molar-refractivity contribution in [3.63, 3.8) is 0 Å². The number of carbonyl (C=O) groups excluding carboxylic acids is 2. The maximum atomic E-state index is 12.7. The summed E-state index contributed by atoms with van der Waals surface area (Å²) in [7, 11) is 0. The second-order valence-corrected chi connectivity index (χ2v) is 7.65. The summed E-state index contributed by atoms with van der Waals surface area (Å²) in [5, 5.41) is 0. The van der Waals surface area contributed by atoms with Crippen molar-refractivity contribution in [1.82, 2.24) is 9.80 Å². The highest BCUT2D eigenvalue weighted by atomic mass is 16.5. The molecule has 0 aromatic heterocycles. The highest BCUT2D eigenvalue weighted by molar-refractivity contribution is 5.94. The van der Waals surface area contributed by atoms with E-state index in [0.717, 1.165) is 18.4 Å². The molecule has 0 atom stereocenters. The molecule has 2 amide bonds. The van der Waals surface area contributed by atoms with Crippen molar-refractivity contribution in [2.45, 2.75) is 33.6 Å². The first-order chi connectivity index (χ1) is 14.0. The van der Waals surface area contributed by atoms with Gasteiger partial charge in [-0.15, -0.1) is 0 Å².